The summed E-state index contributed by atoms with van der Waals surface area (Å²) in [6.07, 6.45) is 5.63. The van der Waals surface area contributed by atoms with Crippen LogP contribution in [0.5, 0.6) is 0 Å². The van der Waals surface area contributed by atoms with E-state index in [4.69, 9.17) is 11.5 Å². The summed E-state index contributed by atoms with van der Waals surface area (Å²) in [5.74, 6) is 0.247. The second-order valence-electron chi connectivity index (χ2n) is 10.5. The van der Waals surface area contributed by atoms with E-state index in [1.807, 2.05) is 44.2 Å². The molecule has 1 heterocycles. The van der Waals surface area contributed by atoms with Gasteiger partial charge in [0, 0.05) is 24.0 Å². The second-order valence-corrected chi connectivity index (χ2v) is 10.5. The van der Waals surface area contributed by atoms with Crippen LogP contribution in [0.15, 0.2) is 35.3 Å². The van der Waals surface area contributed by atoms with Crippen molar-refractivity contribution >= 4 is 17.6 Å². The van der Waals surface area contributed by atoms with E-state index in [-0.39, 0.29) is 29.7 Å². The Kier molecular flexibility index (Phi) is 9.89. The van der Waals surface area contributed by atoms with Gasteiger partial charge in [-0.05, 0) is 51.6 Å². The third-order valence-corrected chi connectivity index (χ3v) is 6.81. The lowest BCUT2D eigenvalue weighted by Crippen LogP contribution is -2.51. The summed E-state index contributed by atoms with van der Waals surface area (Å²) < 4.78 is 0. The Balaban J connectivity index is 2.22. The van der Waals surface area contributed by atoms with Crippen LogP contribution in [0.25, 0.3) is 0 Å². The predicted octanol–water partition coefficient (Wildman–Crippen LogP) is 3.32. The van der Waals surface area contributed by atoms with E-state index in [0.29, 0.717) is 19.6 Å². The van der Waals surface area contributed by atoms with Gasteiger partial charge in [0.05, 0.1) is 13.1 Å². The molecule has 1 aromatic rings. The van der Waals surface area contributed by atoms with E-state index >= 15 is 0 Å². The summed E-state index contributed by atoms with van der Waals surface area (Å²) in [7, 11) is 0. The van der Waals surface area contributed by atoms with E-state index in [2.05, 4.69) is 23.7 Å². The molecule has 0 unspecified atom stereocenters. The molecule has 7 nitrogen and oxygen atoms in total. The van der Waals surface area contributed by atoms with Crippen LogP contribution in [-0.4, -0.2) is 59.2 Å². The quantitative estimate of drug-likeness (QED) is 0.371. The number of amides is 1. The molecule has 184 valence electrons. The molecule has 0 spiro atoms. The Labute approximate surface area is 199 Å². The molecule has 2 rings (SSSR count). The number of hydrogen-bond donors (Lipinski definition) is 2. The molecule has 1 aromatic carbocycles. The van der Waals surface area contributed by atoms with Gasteiger partial charge < -0.3 is 16.4 Å². The molecule has 33 heavy (non-hydrogen) atoms. The summed E-state index contributed by atoms with van der Waals surface area (Å²) in [5, 5.41) is 0. The lowest BCUT2D eigenvalue weighted by Gasteiger charge is -2.40. The van der Waals surface area contributed by atoms with Gasteiger partial charge in [0.2, 0.25) is 5.91 Å². The fourth-order valence-corrected chi connectivity index (χ4v) is 4.33. The zero-order chi connectivity index (χ0) is 24.5. The standard InChI is InChI=1S/C26H43N5O2/c1-25(2)14-8-9-15-26(3,4)31(17-11-10-16-29-24(27)28)20-23(33)30(19-22(25)32)18-21-12-6-5-7-13-21/h5-7,12-13H,8-11,14-20H2,1-4H3,(H4,27,28,29). The lowest BCUT2D eigenvalue weighted by atomic mass is 9.81. The number of benzene rings is 1. The highest BCUT2D eigenvalue weighted by Gasteiger charge is 2.34. The van der Waals surface area contributed by atoms with E-state index in [9.17, 15) is 9.59 Å². The van der Waals surface area contributed by atoms with Crippen molar-refractivity contribution in [2.75, 3.05) is 26.2 Å². The smallest absolute Gasteiger partial charge is 0.237 e. The van der Waals surface area contributed by atoms with Crippen molar-refractivity contribution in [2.24, 2.45) is 21.9 Å². The molecule has 0 bridgehead atoms. The normalized spacial score (nSPS) is 20.1. The number of ketones is 1. The van der Waals surface area contributed by atoms with Crippen molar-refractivity contribution in [1.29, 1.82) is 0 Å². The molecule has 1 amide bonds. The third kappa shape index (κ3) is 8.80. The van der Waals surface area contributed by atoms with E-state index in [0.717, 1.165) is 50.6 Å². The highest BCUT2D eigenvalue weighted by Crippen LogP contribution is 2.29. The van der Waals surface area contributed by atoms with Gasteiger partial charge in [-0.3, -0.25) is 19.5 Å². The molecule has 0 saturated carbocycles. The highest BCUT2D eigenvalue weighted by molar-refractivity contribution is 5.90. The summed E-state index contributed by atoms with van der Waals surface area (Å²) in [6, 6.07) is 9.90. The summed E-state index contributed by atoms with van der Waals surface area (Å²) >= 11 is 0. The van der Waals surface area contributed by atoms with Crippen molar-refractivity contribution in [3.05, 3.63) is 35.9 Å². The average Bonchev–Trinajstić information content (AvgIpc) is 2.75. The average molecular weight is 458 g/mol. The molecular formula is C26H43N5O2. The fraction of sp³-hybridized carbons (Fsp3) is 0.654. The summed E-state index contributed by atoms with van der Waals surface area (Å²) in [4.78, 5) is 34.8. The SMILES string of the molecule is CC1(C)CCCCC(C)(C)N(CCCCN=C(N)N)CC(=O)N(Cc2ccccc2)CC1=O. The highest BCUT2D eigenvalue weighted by atomic mass is 16.2. The van der Waals surface area contributed by atoms with Crippen LogP contribution < -0.4 is 11.5 Å². The zero-order valence-corrected chi connectivity index (χ0v) is 21.0. The zero-order valence-electron chi connectivity index (χ0n) is 21.0. The Morgan fingerprint density at radius 1 is 0.970 bits per heavy atom. The van der Waals surface area contributed by atoms with Gasteiger partial charge in [0.15, 0.2) is 11.7 Å². The number of hydrogen-bond acceptors (Lipinski definition) is 4. The van der Waals surface area contributed by atoms with Gasteiger partial charge in [-0.1, -0.05) is 57.0 Å². The van der Waals surface area contributed by atoms with Crippen molar-refractivity contribution in [3.63, 3.8) is 0 Å². The van der Waals surface area contributed by atoms with Crippen molar-refractivity contribution in [3.8, 4) is 0 Å². The van der Waals surface area contributed by atoms with E-state index < -0.39 is 5.41 Å². The number of unbranched alkanes of at least 4 members (excludes halogenated alkanes) is 1. The molecule has 0 atom stereocenters. The first-order valence-corrected chi connectivity index (χ1v) is 12.2. The molecule has 0 aromatic heterocycles. The van der Waals surface area contributed by atoms with Crippen molar-refractivity contribution in [2.45, 2.75) is 78.3 Å². The maximum atomic E-state index is 13.5. The van der Waals surface area contributed by atoms with Gasteiger partial charge in [-0.25, -0.2) is 0 Å². The number of Topliss-reactive ketones (excluding diaryl/α,β-unsaturated/α-hetero) is 1. The van der Waals surface area contributed by atoms with Gasteiger partial charge in [-0.15, -0.1) is 0 Å². The predicted molar refractivity (Wildman–Crippen MR) is 135 cm³/mol. The number of guanidine groups is 1. The van der Waals surface area contributed by atoms with Crippen LogP contribution in [0.4, 0.5) is 0 Å². The number of carbonyl (C=O) groups excluding carboxylic acids is 2. The van der Waals surface area contributed by atoms with Gasteiger partial charge in [-0.2, -0.15) is 0 Å². The molecule has 1 aliphatic rings. The molecule has 0 radical (unpaired) electrons. The molecule has 0 aliphatic carbocycles. The monoisotopic (exact) mass is 457 g/mol. The largest absolute Gasteiger partial charge is 0.370 e. The molecular weight excluding hydrogens is 414 g/mol. The van der Waals surface area contributed by atoms with Crippen LogP contribution >= 0.6 is 0 Å². The maximum absolute atomic E-state index is 13.5. The molecule has 1 saturated heterocycles. The Morgan fingerprint density at radius 3 is 2.30 bits per heavy atom. The van der Waals surface area contributed by atoms with Crippen molar-refractivity contribution < 1.29 is 9.59 Å². The lowest BCUT2D eigenvalue weighted by molar-refractivity contribution is -0.141. The fourth-order valence-electron chi connectivity index (χ4n) is 4.33. The van der Waals surface area contributed by atoms with Crippen LogP contribution in [-0.2, 0) is 16.1 Å². The number of aliphatic imine (C=N–C) groups is 1. The maximum Gasteiger partial charge on any atom is 0.237 e. The van der Waals surface area contributed by atoms with Crippen molar-refractivity contribution in [1.82, 2.24) is 9.80 Å². The first-order valence-electron chi connectivity index (χ1n) is 12.2. The second kappa shape index (κ2) is 12.2. The first-order chi connectivity index (χ1) is 15.5. The van der Waals surface area contributed by atoms with Gasteiger partial charge in [0.25, 0.3) is 0 Å². The van der Waals surface area contributed by atoms with Gasteiger partial charge in [0.1, 0.15) is 0 Å². The molecule has 1 aliphatic heterocycles. The Bertz CT molecular complexity index is 800. The minimum Gasteiger partial charge on any atom is -0.370 e. The summed E-state index contributed by atoms with van der Waals surface area (Å²) in [6.45, 7) is 10.8. The van der Waals surface area contributed by atoms with Crippen LogP contribution in [0, 0.1) is 5.41 Å². The molecule has 1 fully saturated rings. The van der Waals surface area contributed by atoms with Gasteiger partial charge >= 0.3 is 0 Å². The Hall–Kier alpha value is -2.41. The van der Waals surface area contributed by atoms with E-state index in [1.54, 1.807) is 4.90 Å². The number of nitrogens with zero attached hydrogens (tertiary/aromatic N) is 3. The topological polar surface area (TPSA) is 105 Å². The first kappa shape index (κ1) is 26.8. The number of rotatable bonds is 7. The summed E-state index contributed by atoms with van der Waals surface area (Å²) in [5.41, 5.74) is 11.3. The number of carbonyl (C=O) groups is 2. The third-order valence-electron chi connectivity index (χ3n) is 6.81. The number of nitrogens with two attached hydrogens (primary N) is 2. The van der Waals surface area contributed by atoms with E-state index in [1.165, 1.54) is 0 Å². The Morgan fingerprint density at radius 2 is 1.64 bits per heavy atom. The van der Waals surface area contributed by atoms with Crippen LogP contribution in [0.2, 0.25) is 0 Å². The molecule has 7 heteroatoms. The minimum absolute atomic E-state index is 0.000810. The minimum atomic E-state index is -0.427. The van der Waals surface area contributed by atoms with Crippen LogP contribution in [0.1, 0.15) is 71.8 Å². The molecule has 4 N–H and O–H groups in total. The van der Waals surface area contributed by atoms with Crippen LogP contribution in [0.3, 0.4) is 0 Å².